The minimum Gasteiger partial charge on any atom is -0.493 e. The molecule has 0 spiro atoms. The van der Waals surface area contributed by atoms with E-state index < -0.39 is 0 Å². The van der Waals surface area contributed by atoms with E-state index in [1.54, 1.807) is 14.2 Å². The fraction of sp³-hybridized carbons (Fsp3) is 0.536. The van der Waals surface area contributed by atoms with Gasteiger partial charge in [-0.15, -0.1) is 5.10 Å². The number of methoxy groups -OCH3 is 2. The number of aryl methyl sites for hydroxylation is 1. The molecule has 1 saturated carbocycles. The molecule has 5 rings (SSSR count). The van der Waals surface area contributed by atoms with E-state index in [0.717, 1.165) is 61.9 Å². The molecule has 2 aliphatic rings. The molecule has 1 aromatic heterocycles. The van der Waals surface area contributed by atoms with Gasteiger partial charge in [0.1, 0.15) is 6.04 Å². The van der Waals surface area contributed by atoms with Crippen LogP contribution in [0.3, 0.4) is 0 Å². The number of hydrogen-bond acceptors (Lipinski definition) is 7. The maximum atomic E-state index is 5.90. The predicted molar refractivity (Wildman–Crippen MR) is 141 cm³/mol. The smallest absolute Gasteiger partial charge is 0.173 e. The highest BCUT2D eigenvalue weighted by molar-refractivity contribution is 5.56. The second-order valence-electron chi connectivity index (χ2n) is 10.0. The number of anilines is 1. The number of hydrogen-bond donors (Lipinski definition) is 0. The lowest BCUT2D eigenvalue weighted by atomic mass is 9.94. The first-order valence-electron chi connectivity index (χ1n) is 13.2. The van der Waals surface area contributed by atoms with Crippen LogP contribution < -0.4 is 14.4 Å². The Kier molecular flexibility index (Phi) is 7.41. The van der Waals surface area contributed by atoms with Gasteiger partial charge in [0.25, 0.3) is 0 Å². The van der Waals surface area contributed by atoms with Crippen LogP contribution >= 0.6 is 0 Å². The van der Waals surface area contributed by atoms with Gasteiger partial charge in [-0.2, -0.15) is 0 Å². The molecule has 8 heteroatoms. The third-order valence-electron chi connectivity index (χ3n) is 8.01. The SMILES string of the molecule is COc1cccc(C(c2nnnn2C2CCCCC2)N2CCN(c3cccc(C)c3C)CC2)c1OC. The van der Waals surface area contributed by atoms with Gasteiger partial charge in [-0.3, -0.25) is 4.90 Å². The average Bonchev–Trinajstić information content (AvgIpc) is 3.40. The summed E-state index contributed by atoms with van der Waals surface area (Å²) in [4.78, 5) is 5.01. The van der Waals surface area contributed by atoms with Gasteiger partial charge in [0.15, 0.2) is 17.3 Å². The van der Waals surface area contributed by atoms with Crippen molar-refractivity contribution in [2.45, 2.75) is 58.0 Å². The average molecular weight is 491 g/mol. The maximum Gasteiger partial charge on any atom is 0.173 e. The Balaban J connectivity index is 1.50. The van der Waals surface area contributed by atoms with E-state index >= 15 is 0 Å². The Bertz CT molecular complexity index is 1160. The van der Waals surface area contributed by atoms with E-state index in [2.05, 4.69) is 68.1 Å². The lowest BCUT2D eigenvalue weighted by Crippen LogP contribution is -2.48. The van der Waals surface area contributed by atoms with Crippen molar-refractivity contribution in [2.24, 2.45) is 0 Å². The summed E-state index contributed by atoms with van der Waals surface area (Å²) in [6.45, 7) is 8.09. The van der Waals surface area contributed by atoms with E-state index in [9.17, 15) is 0 Å². The Morgan fingerprint density at radius 3 is 2.36 bits per heavy atom. The minimum absolute atomic E-state index is 0.118. The van der Waals surface area contributed by atoms with Gasteiger partial charge in [-0.05, 0) is 60.4 Å². The van der Waals surface area contributed by atoms with Crippen molar-refractivity contribution in [1.29, 1.82) is 0 Å². The van der Waals surface area contributed by atoms with Gasteiger partial charge in [0.2, 0.25) is 0 Å². The zero-order chi connectivity index (χ0) is 25.1. The Morgan fingerprint density at radius 2 is 1.64 bits per heavy atom. The molecule has 8 nitrogen and oxygen atoms in total. The van der Waals surface area contributed by atoms with Gasteiger partial charge >= 0.3 is 0 Å². The molecule has 1 aliphatic heterocycles. The van der Waals surface area contributed by atoms with Gasteiger partial charge < -0.3 is 14.4 Å². The lowest BCUT2D eigenvalue weighted by Gasteiger charge is -2.41. The zero-order valence-electron chi connectivity index (χ0n) is 22.0. The predicted octanol–water partition coefficient (Wildman–Crippen LogP) is 4.72. The molecule has 2 aromatic carbocycles. The van der Waals surface area contributed by atoms with E-state index in [1.165, 1.54) is 36.1 Å². The van der Waals surface area contributed by atoms with Crippen molar-refractivity contribution in [3.63, 3.8) is 0 Å². The number of piperazine rings is 1. The molecular formula is C28H38N6O2. The van der Waals surface area contributed by atoms with E-state index in [4.69, 9.17) is 9.47 Å². The van der Waals surface area contributed by atoms with E-state index in [0.29, 0.717) is 6.04 Å². The van der Waals surface area contributed by atoms with Crippen LogP contribution in [-0.2, 0) is 0 Å². The van der Waals surface area contributed by atoms with Crippen molar-refractivity contribution in [3.8, 4) is 11.5 Å². The normalized spacial score (nSPS) is 18.3. The molecule has 3 aromatic rings. The summed E-state index contributed by atoms with van der Waals surface area (Å²) >= 11 is 0. The summed E-state index contributed by atoms with van der Waals surface area (Å²) in [5.74, 6) is 2.37. The first-order chi connectivity index (χ1) is 17.6. The molecule has 2 heterocycles. The van der Waals surface area contributed by atoms with Crippen molar-refractivity contribution in [1.82, 2.24) is 25.1 Å². The summed E-state index contributed by atoms with van der Waals surface area (Å²) in [7, 11) is 3.40. The summed E-state index contributed by atoms with van der Waals surface area (Å²) in [5.41, 5.74) is 5.07. The molecule has 0 N–H and O–H groups in total. The Morgan fingerprint density at radius 1 is 0.889 bits per heavy atom. The Labute approximate surface area is 214 Å². The molecule has 0 bridgehead atoms. The molecule has 1 aliphatic carbocycles. The summed E-state index contributed by atoms with van der Waals surface area (Å²) in [6, 6.07) is 12.9. The Hall–Kier alpha value is -3.13. The van der Waals surface area contributed by atoms with Gasteiger partial charge in [0.05, 0.1) is 20.3 Å². The molecule has 2 fully saturated rings. The van der Waals surface area contributed by atoms with Gasteiger partial charge in [-0.25, -0.2) is 4.68 Å². The molecule has 0 amide bonds. The molecule has 0 radical (unpaired) electrons. The van der Waals surface area contributed by atoms with E-state index in [-0.39, 0.29) is 6.04 Å². The number of rotatable bonds is 7. The number of benzene rings is 2. The fourth-order valence-corrected chi connectivity index (χ4v) is 5.89. The van der Waals surface area contributed by atoms with Crippen LogP contribution in [0.1, 0.15) is 66.7 Å². The van der Waals surface area contributed by atoms with Crippen molar-refractivity contribution < 1.29 is 9.47 Å². The zero-order valence-corrected chi connectivity index (χ0v) is 22.0. The molecule has 1 atom stereocenters. The molecule has 36 heavy (non-hydrogen) atoms. The molecule has 1 unspecified atom stereocenters. The first-order valence-corrected chi connectivity index (χ1v) is 13.2. The third kappa shape index (κ3) is 4.66. The number of para-hydroxylation sites is 1. The van der Waals surface area contributed by atoms with Crippen molar-refractivity contribution in [3.05, 3.63) is 58.9 Å². The van der Waals surface area contributed by atoms with Crippen molar-refractivity contribution in [2.75, 3.05) is 45.3 Å². The molecule has 1 saturated heterocycles. The summed E-state index contributed by atoms with van der Waals surface area (Å²) in [5, 5.41) is 13.3. The largest absolute Gasteiger partial charge is 0.493 e. The van der Waals surface area contributed by atoms with Crippen LogP contribution in [0.5, 0.6) is 11.5 Å². The maximum absolute atomic E-state index is 5.90. The van der Waals surface area contributed by atoms with Gasteiger partial charge in [-0.1, -0.05) is 43.5 Å². The minimum atomic E-state index is -0.118. The molecular weight excluding hydrogens is 452 g/mol. The topological polar surface area (TPSA) is 68.5 Å². The summed E-state index contributed by atoms with van der Waals surface area (Å²) < 4.78 is 13.7. The van der Waals surface area contributed by atoms with Crippen LogP contribution in [0.25, 0.3) is 0 Å². The first kappa shape index (κ1) is 24.6. The fourth-order valence-electron chi connectivity index (χ4n) is 5.89. The monoisotopic (exact) mass is 490 g/mol. The molecule has 192 valence electrons. The number of tetrazole rings is 1. The third-order valence-corrected chi connectivity index (χ3v) is 8.01. The second-order valence-corrected chi connectivity index (χ2v) is 10.0. The quantitative estimate of drug-likeness (QED) is 0.474. The van der Waals surface area contributed by atoms with Crippen LogP contribution in [0.2, 0.25) is 0 Å². The second kappa shape index (κ2) is 10.9. The number of ether oxygens (including phenoxy) is 2. The van der Waals surface area contributed by atoms with Crippen molar-refractivity contribution >= 4 is 5.69 Å². The van der Waals surface area contributed by atoms with E-state index in [1.807, 2.05) is 12.1 Å². The lowest BCUT2D eigenvalue weighted by molar-refractivity contribution is 0.189. The number of nitrogens with zero attached hydrogens (tertiary/aromatic N) is 6. The summed E-state index contributed by atoms with van der Waals surface area (Å²) in [6.07, 6.45) is 6.00. The van der Waals surface area contributed by atoms with Crippen LogP contribution in [-0.4, -0.2) is 65.5 Å². The van der Waals surface area contributed by atoms with Crippen LogP contribution in [0.15, 0.2) is 36.4 Å². The highest BCUT2D eigenvalue weighted by Crippen LogP contribution is 2.41. The number of aromatic nitrogens is 4. The standard InChI is InChI=1S/C28H38N6O2/c1-20-10-8-14-24(21(20)2)32-16-18-33(19-17-32)26(23-13-9-15-25(35-3)27(23)36-4)28-29-30-31-34(28)22-11-6-5-7-12-22/h8-10,13-15,22,26H,5-7,11-12,16-19H2,1-4H3. The van der Waals surface area contributed by atoms with Crippen LogP contribution in [0.4, 0.5) is 5.69 Å². The highest BCUT2D eigenvalue weighted by Gasteiger charge is 2.35. The van der Waals surface area contributed by atoms with Crippen LogP contribution in [0, 0.1) is 13.8 Å². The highest BCUT2D eigenvalue weighted by atomic mass is 16.5. The van der Waals surface area contributed by atoms with Gasteiger partial charge in [0, 0.05) is 37.4 Å².